The molecule has 20 heavy (non-hydrogen) atoms. The fraction of sp³-hybridized carbons (Fsp3) is 0.500. The molecule has 1 aromatic carbocycles. The number of benzene rings is 1. The average Bonchev–Trinajstić information content (AvgIpc) is 2.96. The summed E-state index contributed by atoms with van der Waals surface area (Å²) in [5, 5.41) is 11.7. The zero-order valence-corrected chi connectivity index (χ0v) is 12.3. The Bertz CT molecular complexity index is 495. The normalized spacial score (nSPS) is 12.5. The van der Waals surface area contributed by atoms with Crippen molar-refractivity contribution in [1.82, 2.24) is 15.5 Å². The quantitative estimate of drug-likeness (QED) is 0.751. The van der Waals surface area contributed by atoms with Gasteiger partial charge in [-0.1, -0.05) is 37.3 Å². The Morgan fingerprint density at radius 3 is 2.70 bits per heavy atom. The van der Waals surface area contributed by atoms with E-state index in [1.165, 1.54) is 12.0 Å². The second kappa shape index (κ2) is 7.80. The summed E-state index contributed by atoms with van der Waals surface area (Å²) < 4.78 is 5.76. The van der Waals surface area contributed by atoms with E-state index in [-0.39, 0.29) is 5.92 Å². The van der Waals surface area contributed by atoms with Gasteiger partial charge in [0.15, 0.2) is 0 Å². The molecule has 4 heteroatoms. The number of nitrogens with one attached hydrogen (secondary N) is 1. The van der Waals surface area contributed by atoms with Crippen LogP contribution in [-0.2, 0) is 6.42 Å². The lowest BCUT2D eigenvalue weighted by Gasteiger charge is -2.06. The van der Waals surface area contributed by atoms with E-state index >= 15 is 0 Å². The SMILES string of the molecule is CCCNCCCc1nnc(C(C)c2ccccc2)o1. The fourth-order valence-corrected chi connectivity index (χ4v) is 2.09. The van der Waals surface area contributed by atoms with Gasteiger partial charge in [0.05, 0.1) is 5.92 Å². The first-order valence-corrected chi connectivity index (χ1v) is 7.39. The van der Waals surface area contributed by atoms with Crippen molar-refractivity contribution in [2.45, 2.75) is 39.0 Å². The van der Waals surface area contributed by atoms with Crippen LogP contribution in [0.2, 0.25) is 0 Å². The van der Waals surface area contributed by atoms with Crippen LogP contribution in [0.25, 0.3) is 0 Å². The van der Waals surface area contributed by atoms with Gasteiger partial charge in [-0.25, -0.2) is 0 Å². The topological polar surface area (TPSA) is 51.0 Å². The van der Waals surface area contributed by atoms with E-state index in [0.717, 1.165) is 31.8 Å². The van der Waals surface area contributed by atoms with E-state index in [4.69, 9.17) is 4.42 Å². The van der Waals surface area contributed by atoms with Crippen LogP contribution < -0.4 is 5.32 Å². The summed E-state index contributed by atoms with van der Waals surface area (Å²) in [7, 11) is 0. The number of hydrogen-bond acceptors (Lipinski definition) is 4. The number of aromatic nitrogens is 2. The largest absolute Gasteiger partial charge is 0.425 e. The molecular weight excluding hydrogens is 250 g/mol. The first-order valence-electron chi connectivity index (χ1n) is 7.39. The van der Waals surface area contributed by atoms with E-state index in [0.29, 0.717) is 5.89 Å². The highest BCUT2D eigenvalue weighted by Gasteiger charge is 2.15. The highest BCUT2D eigenvalue weighted by atomic mass is 16.4. The molecule has 1 heterocycles. The molecule has 0 amide bonds. The summed E-state index contributed by atoms with van der Waals surface area (Å²) in [5.41, 5.74) is 1.20. The van der Waals surface area contributed by atoms with Gasteiger partial charge in [-0.2, -0.15) is 0 Å². The predicted molar refractivity (Wildman–Crippen MR) is 79.7 cm³/mol. The molecule has 0 saturated carbocycles. The zero-order chi connectivity index (χ0) is 14.2. The molecular formula is C16H23N3O. The second-order valence-electron chi connectivity index (χ2n) is 5.02. The van der Waals surface area contributed by atoms with E-state index < -0.39 is 0 Å². The first kappa shape index (κ1) is 14.7. The molecule has 0 aliphatic carbocycles. The van der Waals surface area contributed by atoms with Crippen molar-refractivity contribution < 1.29 is 4.42 Å². The van der Waals surface area contributed by atoms with Gasteiger partial charge in [-0.05, 0) is 38.4 Å². The molecule has 1 atom stereocenters. The highest BCUT2D eigenvalue weighted by Crippen LogP contribution is 2.22. The predicted octanol–water partition coefficient (Wildman–Crippen LogP) is 3.15. The highest BCUT2D eigenvalue weighted by molar-refractivity contribution is 5.23. The Kier molecular flexibility index (Phi) is 5.74. The minimum atomic E-state index is 0.149. The molecule has 0 radical (unpaired) electrons. The Balaban J connectivity index is 1.85. The van der Waals surface area contributed by atoms with Gasteiger partial charge in [-0.3, -0.25) is 0 Å². The number of nitrogens with zero attached hydrogens (tertiary/aromatic N) is 2. The van der Waals surface area contributed by atoms with Gasteiger partial charge in [-0.15, -0.1) is 10.2 Å². The van der Waals surface area contributed by atoms with Crippen molar-refractivity contribution in [2.75, 3.05) is 13.1 Å². The lowest BCUT2D eigenvalue weighted by molar-refractivity contribution is 0.432. The summed E-state index contributed by atoms with van der Waals surface area (Å²) in [6.45, 7) is 6.33. The van der Waals surface area contributed by atoms with Crippen molar-refractivity contribution in [3.63, 3.8) is 0 Å². The Morgan fingerprint density at radius 1 is 1.15 bits per heavy atom. The third-order valence-electron chi connectivity index (χ3n) is 3.32. The van der Waals surface area contributed by atoms with Gasteiger partial charge in [0.25, 0.3) is 0 Å². The monoisotopic (exact) mass is 273 g/mol. The standard InChI is InChI=1S/C16H23N3O/c1-3-11-17-12-7-10-15-18-19-16(20-15)13(2)14-8-5-4-6-9-14/h4-6,8-9,13,17H,3,7,10-12H2,1-2H3. The van der Waals surface area contributed by atoms with Gasteiger partial charge in [0.1, 0.15) is 0 Å². The summed E-state index contributed by atoms with van der Waals surface area (Å²) in [4.78, 5) is 0. The molecule has 0 fully saturated rings. The number of aryl methyl sites for hydroxylation is 1. The summed E-state index contributed by atoms with van der Waals surface area (Å²) >= 11 is 0. The molecule has 1 aromatic heterocycles. The molecule has 0 bridgehead atoms. The van der Waals surface area contributed by atoms with Crippen molar-refractivity contribution in [2.24, 2.45) is 0 Å². The van der Waals surface area contributed by atoms with Crippen LogP contribution in [0.3, 0.4) is 0 Å². The van der Waals surface area contributed by atoms with Gasteiger partial charge in [0, 0.05) is 6.42 Å². The molecule has 4 nitrogen and oxygen atoms in total. The molecule has 2 aromatic rings. The molecule has 0 aliphatic rings. The Labute approximate surface area is 120 Å². The average molecular weight is 273 g/mol. The van der Waals surface area contributed by atoms with Crippen LogP contribution in [0.5, 0.6) is 0 Å². The third kappa shape index (κ3) is 4.17. The fourth-order valence-electron chi connectivity index (χ4n) is 2.09. The van der Waals surface area contributed by atoms with Crippen molar-refractivity contribution in [3.8, 4) is 0 Å². The Morgan fingerprint density at radius 2 is 1.95 bits per heavy atom. The lowest BCUT2D eigenvalue weighted by atomic mass is 10.0. The van der Waals surface area contributed by atoms with Gasteiger partial charge >= 0.3 is 0 Å². The molecule has 0 aliphatic heterocycles. The van der Waals surface area contributed by atoms with Crippen LogP contribution >= 0.6 is 0 Å². The maximum atomic E-state index is 5.76. The second-order valence-corrected chi connectivity index (χ2v) is 5.02. The third-order valence-corrected chi connectivity index (χ3v) is 3.32. The van der Waals surface area contributed by atoms with Crippen LogP contribution in [0.4, 0.5) is 0 Å². The maximum Gasteiger partial charge on any atom is 0.223 e. The van der Waals surface area contributed by atoms with Gasteiger partial charge in [0.2, 0.25) is 11.8 Å². The van der Waals surface area contributed by atoms with Crippen molar-refractivity contribution in [1.29, 1.82) is 0 Å². The number of rotatable bonds is 8. The van der Waals surface area contributed by atoms with Crippen molar-refractivity contribution >= 4 is 0 Å². The van der Waals surface area contributed by atoms with Crippen LogP contribution in [0.1, 0.15) is 50.0 Å². The van der Waals surface area contributed by atoms with E-state index in [1.807, 2.05) is 18.2 Å². The first-order chi connectivity index (χ1) is 9.81. The van der Waals surface area contributed by atoms with E-state index in [1.54, 1.807) is 0 Å². The van der Waals surface area contributed by atoms with E-state index in [2.05, 4.69) is 41.5 Å². The smallest absolute Gasteiger partial charge is 0.223 e. The van der Waals surface area contributed by atoms with Crippen molar-refractivity contribution in [3.05, 3.63) is 47.7 Å². The zero-order valence-electron chi connectivity index (χ0n) is 12.3. The van der Waals surface area contributed by atoms with Crippen LogP contribution in [0.15, 0.2) is 34.7 Å². The maximum absolute atomic E-state index is 5.76. The van der Waals surface area contributed by atoms with E-state index in [9.17, 15) is 0 Å². The lowest BCUT2D eigenvalue weighted by Crippen LogP contribution is -2.16. The molecule has 0 spiro atoms. The molecule has 108 valence electrons. The minimum absolute atomic E-state index is 0.149. The molecule has 0 saturated heterocycles. The Hall–Kier alpha value is -1.68. The van der Waals surface area contributed by atoms with Crippen LogP contribution in [-0.4, -0.2) is 23.3 Å². The van der Waals surface area contributed by atoms with Crippen LogP contribution in [0, 0.1) is 0 Å². The summed E-state index contributed by atoms with van der Waals surface area (Å²) in [5.74, 6) is 1.59. The summed E-state index contributed by atoms with van der Waals surface area (Å²) in [6, 6.07) is 10.2. The molecule has 1 unspecified atom stereocenters. The number of hydrogen-bond donors (Lipinski definition) is 1. The van der Waals surface area contributed by atoms with Gasteiger partial charge < -0.3 is 9.73 Å². The molecule has 2 rings (SSSR count). The molecule has 1 N–H and O–H groups in total. The minimum Gasteiger partial charge on any atom is -0.425 e. The summed E-state index contributed by atoms with van der Waals surface area (Å²) in [6.07, 6.45) is 3.03.